The van der Waals surface area contributed by atoms with Crippen LogP contribution in [0.15, 0.2) is 24.3 Å². The van der Waals surface area contributed by atoms with E-state index in [0.717, 1.165) is 33.4 Å². The largest absolute Gasteiger partial charge is 0.420 e. The molecular formula is C25H32O3P+. The summed E-state index contributed by atoms with van der Waals surface area (Å²) in [5.74, 6) is -0.0484. The van der Waals surface area contributed by atoms with E-state index in [9.17, 15) is 14.2 Å². The van der Waals surface area contributed by atoms with Crippen LogP contribution in [0.5, 0.6) is 0 Å². The summed E-state index contributed by atoms with van der Waals surface area (Å²) >= 11 is 0. The van der Waals surface area contributed by atoms with Crippen molar-refractivity contribution in [1.82, 2.24) is 0 Å². The van der Waals surface area contributed by atoms with E-state index in [-0.39, 0.29) is 29.3 Å². The summed E-state index contributed by atoms with van der Waals surface area (Å²) in [5.41, 5.74) is 6.68. The average Bonchev–Trinajstić information content (AvgIpc) is 2.57. The third-order valence-electron chi connectivity index (χ3n) is 5.34. The molecule has 0 amide bonds. The monoisotopic (exact) mass is 411 g/mol. The zero-order valence-corrected chi connectivity index (χ0v) is 19.8. The molecule has 0 aromatic heterocycles. The lowest BCUT2D eigenvalue weighted by Crippen LogP contribution is -2.14. The number of rotatable bonds is 6. The van der Waals surface area contributed by atoms with Crippen LogP contribution in [0.3, 0.4) is 0 Å². The lowest BCUT2D eigenvalue weighted by Gasteiger charge is -2.21. The first-order valence-electron chi connectivity index (χ1n) is 10.0. The van der Waals surface area contributed by atoms with Gasteiger partial charge in [-0.2, -0.15) is 0 Å². The van der Waals surface area contributed by atoms with Crippen LogP contribution in [0.2, 0.25) is 0 Å². The molecule has 29 heavy (non-hydrogen) atoms. The zero-order valence-electron chi connectivity index (χ0n) is 18.9. The first-order chi connectivity index (χ1) is 13.3. The van der Waals surface area contributed by atoms with Crippen molar-refractivity contribution >= 4 is 19.1 Å². The van der Waals surface area contributed by atoms with Crippen molar-refractivity contribution < 1.29 is 14.2 Å². The third kappa shape index (κ3) is 5.28. The molecule has 4 heteroatoms. The molecule has 1 unspecified atom stereocenters. The van der Waals surface area contributed by atoms with E-state index in [1.54, 1.807) is 0 Å². The van der Waals surface area contributed by atoms with E-state index in [1.165, 1.54) is 0 Å². The van der Waals surface area contributed by atoms with Gasteiger partial charge in [-0.15, -0.1) is 0 Å². The molecule has 0 radical (unpaired) electrons. The summed E-state index contributed by atoms with van der Waals surface area (Å²) in [4.78, 5) is 25.6. The van der Waals surface area contributed by atoms with Crippen LogP contribution in [0.4, 0.5) is 0 Å². The Hall–Kier alpha value is -2.12. The highest BCUT2D eigenvalue weighted by molar-refractivity contribution is 7.64. The molecule has 0 aliphatic heterocycles. The van der Waals surface area contributed by atoms with Gasteiger partial charge < -0.3 is 0 Å². The van der Waals surface area contributed by atoms with Gasteiger partial charge in [0.15, 0.2) is 11.9 Å². The highest BCUT2D eigenvalue weighted by atomic mass is 31.1. The van der Waals surface area contributed by atoms with Gasteiger partial charge in [0.2, 0.25) is 0 Å². The maximum absolute atomic E-state index is 12.9. The summed E-state index contributed by atoms with van der Waals surface area (Å²) in [6, 6.07) is 7.98. The maximum atomic E-state index is 12.9. The van der Waals surface area contributed by atoms with E-state index in [1.807, 2.05) is 58.9 Å². The Morgan fingerprint density at radius 2 is 1.24 bits per heavy atom. The second kappa shape index (κ2) is 8.71. The standard InChI is InChI=1S/C25H32O3P/c1-15-11-16(2)22(17(3)12-15)21(26)9-10-29(28)24(27)23-18(4)13-20(14-19(23)5)25(6,7)8/h11-14H,9-10H2,1-8H3/q+1. The summed E-state index contributed by atoms with van der Waals surface area (Å²) in [6.07, 6.45) is 0.198. The Kier molecular flexibility index (Phi) is 6.96. The second-order valence-corrected chi connectivity index (χ2v) is 10.7. The van der Waals surface area contributed by atoms with Gasteiger partial charge in [-0.25, -0.2) is 4.79 Å². The van der Waals surface area contributed by atoms with E-state index in [4.69, 9.17) is 0 Å². The smallest absolute Gasteiger partial charge is 0.294 e. The summed E-state index contributed by atoms with van der Waals surface area (Å²) in [6.45, 7) is 16.0. The molecular weight excluding hydrogens is 379 g/mol. The molecule has 0 saturated heterocycles. The van der Waals surface area contributed by atoms with Gasteiger partial charge in [-0.1, -0.05) is 55.2 Å². The van der Waals surface area contributed by atoms with E-state index < -0.39 is 7.80 Å². The molecule has 0 N–H and O–H groups in total. The fraction of sp³-hybridized carbons (Fsp3) is 0.440. The van der Waals surface area contributed by atoms with Crippen molar-refractivity contribution in [2.45, 2.75) is 67.2 Å². The van der Waals surface area contributed by atoms with Crippen molar-refractivity contribution in [3.8, 4) is 0 Å². The van der Waals surface area contributed by atoms with Crippen LogP contribution < -0.4 is 0 Å². The molecule has 0 aliphatic carbocycles. The average molecular weight is 412 g/mol. The second-order valence-electron chi connectivity index (χ2n) is 9.09. The van der Waals surface area contributed by atoms with Gasteiger partial charge in [0.1, 0.15) is 0 Å². The molecule has 0 spiro atoms. The molecule has 3 nitrogen and oxygen atoms in total. The predicted octanol–water partition coefficient (Wildman–Crippen LogP) is 6.77. The fourth-order valence-electron chi connectivity index (χ4n) is 3.91. The normalized spacial score (nSPS) is 12.1. The number of benzene rings is 2. The molecule has 2 aromatic carbocycles. The molecule has 1 atom stereocenters. The van der Waals surface area contributed by atoms with Crippen LogP contribution >= 0.6 is 7.80 Å². The molecule has 0 bridgehead atoms. The van der Waals surface area contributed by atoms with E-state index >= 15 is 0 Å². The number of aryl methyl sites for hydroxylation is 5. The quantitative estimate of drug-likeness (QED) is 0.389. The van der Waals surface area contributed by atoms with Crippen LogP contribution in [0.1, 0.15) is 81.3 Å². The van der Waals surface area contributed by atoms with Gasteiger partial charge in [0.25, 0.3) is 0 Å². The number of ketones is 1. The summed E-state index contributed by atoms with van der Waals surface area (Å²) in [5, 5.41) is 0. The van der Waals surface area contributed by atoms with Crippen LogP contribution in [0.25, 0.3) is 0 Å². The van der Waals surface area contributed by atoms with Crippen molar-refractivity contribution in [2.24, 2.45) is 0 Å². The molecule has 0 aliphatic rings. The predicted molar refractivity (Wildman–Crippen MR) is 121 cm³/mol. The Balaban J connectivity index is 2.18. The zero-order chi connectivity index (χ0) is 22.1. The lowest BCUT2D eigenvalue weighted by molar-refractivity contribution is 0.0988. The van der Waals surface area contributed by atoms with Crippen molar-refractivity contribution in [1.29, 1.82) is 0 Å². The van der Waals surface area contributed by atoms with Gasteiger partial charge in [-0.3, -0.25) is 4.79 Å². The minimum atomic E-state index is -2.15. The third-order valence-corrected chi connectivity index (χ3v) is 6.64. The highest BCUT2D eigenvalue weighted by Gasteiger charge is 2.33. The van der Waals surface area contributed by atoms with Crippen LogP contribution in [0, 0.1) is 34.6 Å². The SMILES string of the molecule is Cc1cc(C)c(C(=O)CC[P+](=O)C(=O)c2c(C)cc(C(C)(C)C)cc2C)c(C)c1. The Morgan fingerprint density at radius 3 is 1.69 bits per heavy atom. The van der Waals surface area contributed by atoms with Gasteiger partial charge in [0, 0.05) is 5.56 Å². The van der Waals surface area contributed by atoms with Crippen molar-refractivity contribution in [3.63, 3.8) is 0 Å². The molecule has 0 fully saturated rings. The van der Waals surface area contributed by atoms with E-state index in [2.05, 4.69) is 20.8 Å². The molecule has 154 valence electrons. The van der Waals surface area contributed by atoms with Crippen LogP contribution in [-0.4, -0.2) is 17.5 Å². The van der Waals surface area contributed by atoms with Gasteiger partial charge >= 0.3 is 13.3 Å². The lowest BCUT2D eigenvalue weighted by atomic mass is 9.84. The fourth-order valence-corrected chi connectivity index (χ4v) is 5.12. The first-order valence-corrected chi connectivity index (χ1v) is 11.5. The Morgan fingerprint density at radius 1 is 0.793 bits per heavy atom. The molecule has 0 heterocycles. The highest BCUT2D eigenvalue weighted by Crippen LogP contribution is 2.34. The summed E-state index contributed by atoms with van der Waals surface area (Å²) in [7, 11) is -2.15. The number of hydrogen-bond acceptors (Lipinski definition) is 3. The van der Waals surface area contributed by atoms with Gasteiger partial charge in [-0.05, 0) is 67.9 Å². The number of carbonyl (C=O) groups excluding carboxylic acids is 2. The summed E-state index contributed by atoms with van der Waals surface area (Å²) < 4.78 is 12.7. The van der Waals surface area contributed by atoms with Gasteiger partial charge in [0.05, 0.1) is 12.0 Å². The minimum Gasteiger partial charge on any atom is -0.294 e. The maximum Gasteiger partial charge on any atom is 0.420 e. The minimum absolute atomic E-state index is 0.0184. The number of Topliss-reactive ketones (excluding diaryl/α,β-unsaturated/α-hetero) is 1. The van der Waals surface area contributed by atoms with Crippen molar-refractivity contribution in [3.05, 3.63) is 68.8 Å². The molecule has 0 saturated carbocycles. The number of carbonyl (C=O) groups is 2. The Labute approximate surface area is 175 Å². The Bertz CT molecular complexity index is 948. The van der Waals surface area contributed by atoms with E-state index in [0.29, 0.717) is 11.1 Å². The topological polar surface area (TPSA) is 51.2 Å². The first kappa shape index (κ1) is 23.2. The number of hydrogen-bond donors (Lipinski definition) is 0. The van der Waals surface area contributed by atoms with Crippen molar-refractivity contribution in [2.75, 3.05) is 6.16 Å². The molecule has 2 aromatic rings. The van der Waals surface area contributed by atoms with Crippen LogP contribution in [-0.2, 0) is 9.98 Å². The molecule has 2 rings (SSSR count).